The van der Waals surface area contributed by atoms with Crippen LogP contribution in [-0.2, 0) is 4.79 Å². The standard InChI is InChI=1S/C19H18ClN3O4S/c1-9-4-5-10(2)17-15(9)22-19(28-17)23-18(25)11-6-12(20)16(13(7-11)26-3)27-8-14(21)24/h4-7H,8H2,1-3H3,(H2,21,24)(H,22,23,25). The van der Waals surface area contributed by atoms with Crippen LogP contribution in [-0.4, -0.2) is 30.5 Å². The fraction of sp³-hybridized carbons (Fsp3) is 0.211. The first-order valence-corrected chi connectivity index (χ1v) is 9.46. The first kappa shape index (κ1) is 19.9. The molecule has 7 nitrogen and oxygen atoms in total. The number of hydrogen-bond donors (Lipinski definition) is 2. The number of primary amides is 1. The molecule has 0 aliphatic heterocycles. The fourth-order valence-electron chi connectivity index (χ4n) is 2.62. The van der Waals surface area contributed by atoms with E-state index in [0.717, 1.165) is 21.3 Å². The maximum absolute atomic E-state index is 12.7. The van der Waals surface area contributed by atoms with Crippen LogP contribution in [0.5, 0.6) is 11.5 Å². The molecule has 0 unspecified atom stereocenters. The third-order valence-corrected chi connectivity index (χ3v) is 5.40. The number of nitrogens with zero attached hydrogens (tertiary/aromatic N) is 1. The van der Waals surface area contributed by atoms with Gasteiger partial charge in [-0.15, -0.1) is 0 Å². The molecule has 1 aromatic heterocycles. The van der Waals surface area contributed by atoms with Crippen molar-refractivity contribution in [3.05, 3.63) is 46.0 Å². The van der Waals surface area contributed by atoms with Crippen LogP contribution in [0.1, 0.15) is 21.5 Å². The molecule has 9 heteroatoms. The summed E-state index contributed by atoms with van der Waals surface area (Å²) in [5.74, 6) is -0.682. The van der Waals surface area contributed by atoms with Crippen molar-refractivity contribution in [2.24, 2.45) is 5.73 Å². The zero-order valence-corrected chi connectivity index (χ0v) is 17.0. The topological polar surface area (TPSA) is 104 Å². The molecule has 0 saturated heterocycles. The van der Waals surface area contributed by atoms with E-state index in [0.29, 0.717) is 5.13 Å². The second-order valence-corrected chi connectivity index (χ2v) is 7.50. The van der Waals surface area contributed by atoms with Crippen LogP contribution < -0.4 is 20.5 Å². The largest absolute Gasteiger partial charge is 0.493 e. The summed E-state index contributed by atoms with van der Waals surface area (Å²) in [4.78, 5) is 28.1. The average Bonchev–Trinajstić information content (AvgIpc) is 3.08. The van der Waals surface area contributed by atoms with Crippen molar-refractivity contribution >= 4 is 50.1 Å². The second-order valence-electron chi connectivity index (χ2n) is 6.09. The number of methoxy groups -OCH3 is 1. The number of fused-ring (bicyclic) bond motifs is 1. The molecule has 3 rings (SSSR count). The molecule has 0 radical (unpaired) electrons. The molecule has 3 aromatic rings. The van der Waals surface area contributed by atoms with Gasteiger partial charge in [-0.05, 0) is 37.1 Å². The Bertz CT molecular complexity index is 1040. The number of carbonyl (C=O) groups is 2. The Morgan fingerprint density at radius 2 is 1.96 bits per heavy atom. The van der Waals surface area contributed by atoms with Gasteiger partial charge in [-0.25, -0.2) is 4.98 Å². The highest BCUT2D eigenvalue weighted by Gasteiger charge is 2.18. The monoisotopic (exact) mass is 419 g/mol. The Balaban J connectivity index is 1.88. The molecule has 0 saturated carbocycles. The van der Waals surface area contributed by atoms with Crippen molar-refractivity contribution in [3.8, 4) is 11.5 Å². The van der Waals surface area contributed by atoms with Crippen LogP contribution in [0.25, 0.3) is 10.2 Å². The van der Waals surface area contributed by atoms with Crippen molar-refractivity contribution < 1.29 is 19.1 Å². The summed E-state index contributed by atoms with van der Waals surface area (Å²) in [5.41, 5.74) is 8.35. The van der Waals surface area contributed by atoms with Gasteiger partial charge in [0.1, 0.15) is 0 Å². The number of thiazole rings is 1. The van der Waals surface area contributed by atoms with E-state index in [9.17, 15) is 9.59 Å². The lowest BCUT2D eigenvalue weighted by atomic mass is 10.1. The zero-order chi connectivity index (χ0) is 20.4. The van der Waals surface area contributed by atoms with Crippen LogP contribution in [0.2, 0.25) is 5.02 Å². The highest BCUT2D eigenvalue weighted by Crippen LogP contribution is 2.37. The number of halogens is 1. The lowest BCUT2D eigenvalue weighted by Crippen LogP contribution is -2.20. The third-order valence-electron chi connectivity index (χ3n) is 4.01. The first-order chi connectivity index (χ1) is 13.3. The summed E-state index contributed by atoms with van der Waals surface area (Å²) in [5, 5.41) is 3.40. The summed E-state index contributed by atoms with van der Waals surface area (Å²) < 4.78 is 11.5. The molecule has 0 atom stereocenters. The summed E-state index contributed by atoms with van der Waals surface area (Å²) in [6.45, 7) is 3.62. The number of anilines is 1. The highest BCUT2D eigenvalue weighted by molar-refractivity contribution is 7.22. The summed E-state index contributed by atoms with van der Waals surface area (Å²) in [6, 6.07) is 6.93. The molecule has 0 aliphatic rings. The van der Waals surface area contributed by atoms with E-state index in [2.05, 4.69) is 10.3 Å². The Hall–Kier alpha value is -2.84. The molecule has 0 fully saturated rings. The van der Waals surface area contributed by atoms with Gasteiger partial charge in [-0.2, -0.15) is 0 Å². The van der Waals surface area contributed by atoms with Crippen molar-refractivity contribution in [1.82, 2.24) is 4.98 Å². The van der Waals surface area contributed by atoms with Crippen LogP contribution in [0.15, 0.2) is 24.3 Å². The number of rotatable bonds is 6. The van der Waals surface area contributed by atoms with Gasteiger partial charge >= 0.3 is 0 Å². The van der Waals surface area contributed by atoms with Crippen molar-refractivity contribution in [1.29, 1.82) is 0 Å². The third kappa shape index (κ3) is 4.02. The molecule has 1 heterocycles. The highest BCUT2D eigenvalue weighted by atomic mass is 35.5. The van der Waals surface area contributed by atoms with E-state index >= 15 is 0 Å². The lowest BCUT2D eigenvalue weighted by molar-refractivity contribution is -0.119. The minimum absolute atomic E-state index is 0.127. The summed E-state index contributed by atoms with van der Waals surface area (Å²) in [7, 11) is 1.41. The van der Waals surface area contributed by atoms with Crippen molar-refractivity contribution in [3.63, 3.8) is 0 Å². The number of aromatic nitrogens is 1. The van der Waals surface area contributed by atoms with Crippen LogP contribution >= 0.6 is 22.9 Å². The minimum Gasteiger partial charge on any atom is -0.493 e. The van der Waals surface area contributed by atoms with Crippen LogP contribution in [0.4, 0.5) is 5.13 Å². The Labute approximate surface area is 170 Å². The molecule has 2 amide bonds. The van der Waals surface area contributed by atoms with E-state index in [1.807, 2.05) is 26.0 Å². The van der Waals surface area contributed by atoms with Gasteiger partial charge in [0.05, 0.1) is 22.3 Å². The number of ether oxygens (including phenoxy) is 2. The van der Waals surface area contributed by atoms with E-state index in [1.54, 1.807) is 0 Å². The zero-order valence-electron chi connectivity index (χ0n) is 15.5. The number of hydrogen-bond acceptors (Lipinski definition) is 6. The Kier molecular flexibility index (Phi) is 5.71. The number of nitrogens with two attached hydrogens (primary N) is 1. The lowest BCUT2D eigenvalue weighted by Gasteiger charge is -2.13. The molecule has 146 valence electrons. The van der Waals surface area contributed by atoms with Crippen molar-refractivity contribution in [2.45, 2.75) is 13.8 Å². The average molecular weight is 420 g/mol. The molecular formula is C19H18ClN3O4S. The normalized spacial score (nSPS) is 10.7. The smallest absolute Gasteiger partial charge is 0.257 e. The first-order valence-electron chi connectivity index (χ1n) is 8.27. The van der Waals surface area contributed by atoms with Gasteiger partial charge in [0, 0.05) is 5.56 Å². The van der Waals surface area contributed by atoms with Gasteiger partial charge in [-0.3, -0.25) is 14.9 Å². The molecule has 2 aromatic carbocycles. The number of carbonyl (C=O) groups excluding carboxylic acids is 2. The van der Waals surface area contributed by atoms with Crippen LogP contribution in [0, 0.1) is 13.8 Å². The van der Waals surface area contributed by atoms with Gasteiger partial charge < -0.3 is 15.2 Å². The van der Waals surface area contributed by atoms with Gasteiger partial charge in [0.2, 0.25) is 0 Å². The van der Waals surface area contributed by atoms with E-state index in [-0.39, 0.29) is 28.7 Å². The van der Waals surface area contributed by atoms with Gasteiger partial charge in [0.25, 0.3) is 11.8 Å². The maximum Gasteiger partial charge on any atom is 0.257 e. The molecule has 0 bridgehead atoms. The Morgan fingerprint density at radius 3 is 2.61 bits per heavy atom. The molecule has 0 spiro atoms. The molecule has 0 aliphatic carbocycles. The van der Waals surface area contributed by atoms with Gasteiger partial charge in [-0.1, -0.05) is 35.1 Å². The van der Waals surface area contributed by atoms with E-state index < -0.39 is 11.8 Å². The molecular weight excluding hydrogens is 402 g/mol. The summed E-state index contributed by atoms with van der Waals surface area (Å²) in [6.07, 6.45) is 0. The van der Waals surface area contributed by atoms with E-state index in [4.69, 9.17) is 26.8 Å². The SMILES string of the molecule is COc1cc(C(=O)Nc2nc3c(C)ccc(C)c3s2)cc(Cl)c1OCC(N)=O. The number of aryl methyl sites for hydroxylation is 2. The number of benzene rings is 2. The van der Waals surface area contributed by atoms with E-state index in [1.165, 1.54) is 30.6 Å². The molecule has 3 N–H and O–H groups in total. The van der Waals surface area contributed by atoms with Crippen LogP contribution in [0.3, 0.4) is 0 Å². The predicted octanol–water partition coefficient (Wildman–Crippen LogP) is 3.69. The quantitative estimate of drug-likeness (QED) is 0.634. The predicted molar refractivity (Wildman–Crippen MR) is 110 cm³/mol. The minimum atomic E-state index is -0.652. The Morgan fingerprint density at radius 1 is 1.25 bits per heavy atom. The molecule has 28 heavy (non-hydrogen) atoms. The maximum atomic E-state index is 12.7. The van der Waals surface area contributed by atoms with Gasteiger partial charge in [0.15, 0.2) is 23.2 Å². The number of nitrogens with one attached hydrogen (secondary N) is 1. The van der Waals surface area contributed by atoms with Crippen molar-refractivity contribution in [2.75, 3.05) is 19.0 Å². The summed E-state index contributed by atoms with van der Waals surface area (Å²) >= 11 is 7.61. The fourth-order valence-corrected chi connectivity index (χ4v) is 3.89. The number of amides is 2. The second kappa shape index (κ2) is 8.04.